The minimum atomic E-state index is -0.246. The third kappa shape index (κ3) is 1.78. The van der Waals surface area contributed by atoms with E-state index < -0.39 is 0 Å². The van der Waals surface area contributed by atoms with Crippen LogP contribution in [0.3, 0.4) is 0 Å². The number of fused-ring (bicyclic) bond motifs is 1. The summed E-state index contributed by atoms with van der Waals surface area (Å²) < 4.78 is 0.567. The second-order valence-corrected chi connectivity index (χ2v) is 4.27. The van der Waals surface area contributed by atoms with E-state index in [9.17, 15) is 14.7 Å². The van der Waals surface area contributed by atoms with Gasteiger partial charge in [-0.25, -0.2) is 0 Å². The van der Waals surface area contributed by atoms with Gasteiger partial charge in [0.05, 0.1) is 16.0 Å². The zero-order valence-corrected chi connectivity index (χ0v) is 9.19. The lowest BCUT2D eigenvalue weighted by molar-refractivity contribution is 0.102. The maximum atomic E-state index is 11.5. The van der Waals surface area contributed by atoms with Crippen LogP contribution >= 0.6 is 24.0 Å². The number of Topliss-reactive ketones (excluding diaryl/α,β-unsaturated/α-hetero) is 1. The van der Waals surface area contributed by atoms with Crippen LogP contribution in [-0.4, -0.2) is 21.6 Å². The van der Waals surface area contributed by atoms with E-state index >= 15 is 0 Å². The Balaban J connectivity index is 2.81. The van der Waals surface area contributed by atoms with Crippen LogP contribution < -0.4 is 4.87 Å². The van der Waals surface area contributed by atoms with Crippen molar-refractivity contribution in [3.8, 4) is 5.75 Å². The molecule has 0 saturated carbocycles. The normalized spacial score (nSPS) is 10.7. The summed E-state index contributed by atoms with van der Waals surface area (Å²) in [6.07, 6.45) is 0. The Hall–Kier alpha value is -1.27. The summed E-state index contributed by atoms with van der Waals surface area (Å²) in [5.41, 5.74) is 0.818. The van der Waals surface area contributed by atoms with Crippen LogP contribution in [0, 0.1) is 0 Å². The molecule has 4 nitrogen and oxygen atoms in total. The highest BCUT2D eigenvalue weighted by Gasteiger charge is 2.13. The number of thiol groups is 1. The van der Waals surface area contributed by atoms with Crippen molar-refractivity contribution in [2.45, 2.75) is 0 Å². The minimum Gasteiger partial charge on any atom is -0.508 e. The van der Waals surface area contributed by atoms with Gasteiger partial charge in [0.15, 0.2) is 5.78 Å². The third-order valence-electron chi connectivity index (χ3n) is 1.95. The van der Waals surface area contributed by atoms with Crippen molar-refractivity contribution in [2.24, 2.45) is 0 Å². The molecule has 0 spiro atoms. The molecule has 0 fully saturated rings. The van der Waals surface area contributed by atoms with Gasteiger partial charge in [0.25, 0.3) is 0 Å². The third-order valence-corrected chi connectivity index (χ3v) is 3.17. The maximum absolute atomic E-state index is 11.5. The van der Waals surface area contributed by atoms with E-state index in [4.69, 9.17) is 0 Å². The molecule has 1 aromatic carbocycles. The number of carbonyl (C=O) groups is 1. The van der Waals surface area contributed by atoms with Gasteiger partial charge in [-0.1, -0.05) is 11.3 Å². The predicted molar refractivity (Wildman–Crippen MR) is 62.3 cm³/mol. The molecule has 15 heavy (non-hydrogen) atoms. The van der Waals surface area contributed by atoms with E-state index in [-0.39, 0.29) is 22.2 Å². The lowest BCUT2D eigenvalue weighted by Gasteiger charge is -2.00. The number of phenols is 1. The molecular formula is C9H7NO3S2. The molecule has 0 saturated heterocycles. The molecule has 2 N–H and O–H groups in total. The lowest BCUT2D eigenvalue weighted by Crippen LogP contribution is -2.00. The molecule has 0 unspecified atom stereocenters. The van der Waals surface area contributed by atoms with Gasteiger partial charge in [-0.2, -0.15) is 12.6 Å². The second-order valence-electron chi connectivity index (χ2n) is 2.97. The largest absolute Gasteiger partial charge is 0.508 e. The molecule has 2 rings (SSSR count). The highest BCUT2D eigenvalue weighted by atomic mass is 32.1. The Morgan fingerprint density at radius 2 is 2.27 bits per heavy atom. The Bertz CT molecular complexity index is 585. The number of hydrogen-bond donors (Lipinski definition) is 3. The first kappa shape index (κ1) is 10.3. The molecule has 1 heterocycles. The Morgan fingerprint density at radius 1 is 1.53 bits per heavy atom. The van der Waals surface area contributed by atoms with Gasteiger partial charge in [-0.05, 0) is 6.07 Å². The van der Waals surface area contributed by atoms with Crippen molar-refractivity contribution in [3.05, 3.63) is 27.4 Å². The maximum Gasteiger partial charge on any atom is 0.305 e. The van der Waals surface area contributed by atoms with E-state index in [0.717, 1.165) is 11.3 Å². The van der Waals surface area contributed by atoms with Gasteiger partial charge in [-0.15, -0.1) is 0 Å². The zero-order chi connectivity index (χ0) is 11.0. The Kier molecular flexibility index (Phi) is 2.54. The highest BCUT2D eigenvalue weighted by Crippen LogP contribution is 2.25. The number of aromatic amines is 1. The predicted octanol–water partition coefficient (Wildman–Crippen LogP) is 1.41. The number of rotatable bonds is 2. The first-order chi connectivity index (χ1) is 7.11. The number of carbonyl (C=O) groups excluding carboxylic acids is 1. The monoisotopic (exact) mass is 241 g/mol. The van der Waals surface area contributed by atoms with Gasteiger partial charge in [0.2, 0.25) is 0 Å². The molecule has 0 aliphatic heterocycles. The van der Waals surface area contributed by atoms with Crippen LogP contribution in [0.5, 0.6) is 5.75 Å². The molecule has 6 heteroatoms. The SMILES string of the molecule is O=C(CS)c1cc(O)cc2[nH]c(=O)sc12. The number of benzene rings is 1. The van der Waals surface area contributed by atoms with Gasteiger partial charge >= 0.3 is 4.87 Å². The van der Waals surface area contributed by atoms with Gasteiger partial charge in [0, 0.05) is 11.6 Å². The van der Waals surface area contributed by atoms with E-state index in [1.807, 2.05) is 0 Å². The lowest BCUT2D eigenvalue weighted by atomic mass is 10.1. The summed E-state index contributed by atoms with van der Waals surface area (Å²) in [7, 11) is 0. The van der Waals surface area contributed by atoms with Crippen LogP contribution in [0.15, 0.2) is 16.9 Å². The number of hydrogen-bond acceptors (Lipinski definition) is 5. The molecule has 2 aromatic rings. The van der Waals surface area contributed by atoms with E-state index in [1.165, 1.54) is 12.1 Å². The Labute approximate surface area is 94.0 Å². The number of ketones is 1. The van der Waals surface area contributed by atoms with Crippen molar-refractivity contribution >= 4 is 40.0 Å². The summed E-state index contributed by atoms with van der Waals surface area (Å²) in [6, 6.07) is 2.77. The molecule has 0 aliphatic rings. The quantitative estimate of drug-likeness (QED) is 0.550. The highest BCUT2D eigenvalue weighted by molar-refractivity contribution is 7.81. The fraction of sp³-hybridized carbons (Fsp3) is 0.111. The standard InChI is InChI=1S/C9H7NO3S2/c11-4-1-5(7(12)3-14)8-6(2-4)10-9(13)15-8/h1-2,11,14H,3H2,(H,10,13). The van der Waals surface area contributed by atoms with Gasteiger partial charge < -0.3 is 10.1 Å². The minimum absolute atomic E-state index is 0.0401. The second kappa shape index (κ2) is 3.71. The summed E-state index contributed by atoms with van der Waals surface area (Å²) in [4.78, 5) is 24.9. The van der Waals surface area contributed by atoms with Crippen molar-refractivity contribution in [1.82, 2.24) is 4.98 Å². The molecule has 0 aliphatic carbocycles. The van der Waals surface area contributed by atoms with Crippen LogP contribution in [0.4, 0.5) is 0 Å². The van der Waals surface area contributed by atoms with E-state index in [1.54, 1.807) is 0 Å². The average Bonchev–Trinajstić information content (AvgIpc) is 2.55. The molecule has 0 amide bonds. The van der Waals surface area contributed by atoms with Crippen LogP contribution in [0.2, 0.25) is 0 Å². The summed E-state index contributed by atoms with van der Waals surface area (Å²) in [5.74, 6) is -0.207. The van der Waals surface area contributed by atoms with Crippen LogP contribution in [-0.2, 0) is 0 Å². The number of aromatic nitrogens is 1. The molecule has 0 atom stereocenters. The summed E-state index contributed by atoms with van der Waals surface area (Å²) in [5, 5.41) is 9.37. The number of aromatic hydroxyl groups is 1. The topological polar surface area (TPSA) is 70.2 Å². The van der Waals surface area contributed by atoms with Crippen molar-refractivity contribution in [1.29, 1.82) is 0 Å². The van der Waals surface area contributed by atoms with Crippen molar-refractivity contribution in [2.75, 3.05) is 5.75 Å². The number of phenolic OH excluding ortho intramolecular Hbond substituents is 1. The number of H-pyrrole nitrogens is 1. The molecule has 1 aromatic heterocycles. The molecule has 0 radical (unpaired) electrons. The van der Waals surface area contributed by atoms with E-state index in [2.05, 4.69) is 17.6 Å². The smallest absolute Gasteiger partial charge is 0.305 e. The fourth-order valence-corrected chi connectivity index (χ4v) is 2.36. The zero-order valence-electron chi connectivity index (χ0n) is 7.48. The first-order valence-electron chi connectivity index (χ1n) is 4.11. The van der Waals surface area contributed by atoms with E-state index in [0.29, 0.717) is 15.8 Å². The first-order valence-corrected chi connectivity index (χ1v) is 5.56. The number of thiazole rings is 1. The van der Waals surface area contributed by atoms with Gasteiger partial charge in [-0.3, -0.25) is 9.59 Å². The number of nitrogens with one attached hydrogen (secondary N) is 1. The summed E-state index contributed by atoms with van der Waals surface area (Å²) in [6.45, 7) is 0. The van der Waals surface area contributed by atoms with Crippen LogP contribution in [0.1, 0.15) is 10.4 Å². The fourth-order valence-electron chi connectivity index (χ4n) is 1.34. The van der Waals surface area contributed by atoms with Crippen LogP contribution in [0.25, 0.3) is 10.2 Å². The molecule has 0 bridgehead atoms. The summed E-state index contributed by atoms with van der Waals surface area (Å²) >= 11 is 4.83. The van der Waals surface area contributed by atoms with Crippen molar-refractivity contribution < 1.29 is 9.90 Å². The van der Waals surface area contributed by atoms with Crippen molar-refractivity contribution in [3.63, 3.8) is 0 Å². The average molecular weight is 241 g/mol. The Morgan fingerprint density at radius 3 is 2.93 bits per heavy atom. The van der Waals surface area contributed by atoms with Gasteiger partial charge in [0.1, 0.15) is 5.75 Å². The molecular weight excluding hydrogens is 234 g/mol. The molecule has 78 valence electrons.